The van der Waals surface area contributed by atoms with Gasteiger partial charge in [-0.1, -0.05) is 12.1 Å². The molecular formula is C18H21F2N3OS. The van der Waals surface area contributed by atoms with Crippen LogP contribution in [0.15, 0.2) is 35.7 Å². The second-order valence-electron chi connectivity index (χ2n) is 6.11. The Morgan fingerprint density at radius 3 is 2.52 bits per heavy atom. The number of halogens is 2. The van der Waals surface area contributed by atoms with Crippen molar-refractivity contribution in [1.29, 1.82) is 0 Å². The van der Waals surface area contributed by atoms with Gasteiger partial charge in [0.25, 0.3) is 0 Å². The molecule has 0 saturated carbocycles. The topological polar surface area (TPSA) is 44.4 Å². The van der Waals surface area contributed by atoms with Gasteiger partial charge in [-0.15, -0.1) is 11.3 Å². The number of hydrogen-bond acceptors (Lipinski definition) is 3. The van der Waals surface area contributed by atoms with Gasteiger partial charge < -0.3 is 15.5 Å². The third-order valence-corrected chi connectivity index (χ3v) is 5.48. The summed E-state index contributed by atoms with van der Waals surface area (Å²) in [5.41, 5.74) is -0.420. The van der Waals surface area contributed by atoms with Crippen LogP contribution in [0.4, 0.5) is 19.3 Å². The molecule has 1 aromatic carbocycles. The number of urea groups is 1. The van der Waals surface area contributed by atoms with Gasteiger partial charge in [-0.05, 0) is 55.4 Å². The Hall–Kier alpha value is -1.99. The molecule has 2 aromatic rings. The van der Waals surface area contributed by atoms with Crippen LogP contribution in [-0.2, 0) is 0 Å². The van der Waals surface area contributed by atoms with Gasteiger partial charge in [-0.25, -0.2) is 13.6 Å². The van der Waals surface area contributed by atoms with Gasteiger partial charge in [0.2, 0.25) is 0 Å². The standard InChI is InChI=1S/C18H21F2N3OS/c19-14-3-1-4-15(20)17(14)22-18(24)21-8-11-23-9-6-13(7-10-23)16-5-2-12-25-16/h1-5,12-13H,6-11H2,(H2,21,22,24). The Kier molecular flexibility index (Phi) is 5.99. The zero-order valence-corrected chi connectivity index (χ0v) is 14.6. The molecule has 25 heavy (non-hydrogen) atoms. The molecule has 0 atom stereocenters. The normalized spacial score (nSPS) is 15.9. The molecule has 2 amide bonds. The highest BCUT2D eigenvalue weighted by Gasteiger charge is 2.21. The van der Waals surface area contributed by atoms with E-state index in [2.05, 4.69) is 33.0 Å². The Morgan fingerprint density at radius 2 is 1.88 bits per heavy atom. The summed E-state index contributed by atoms with van der Waals surface area (Å²) < 4.78 is 27.0. The third-order valence-electron chi connectivity index (χ3n) is 4.45. The monoisotopic (exact) mass is 365 g/mol. The number of amides is 2. The molecule has 0 bridgehead atoms. The van der Waals surface area contributed by atoms with E-state index < -0.39 is 23.4 Å². The van der Waals surface area contributed by atoms with Crippen molar-refractivity contribution in [1.82, 2.24) is 10.2 Å². The zero-order valence-electron chi connectivity index (χ0n) is 13.8. The first-order chi connectivity index (χ1) is 12.1. The molecule has 1 saturated heterocycles. The number of rotatable bonds is 5. The van der Waals surface area contributed by atoms with E-state index >= 15 is 0 Å². The van der Waals surface area contributed by atoms with Gasteiger partial charge in [-0.3, -0.25) is 0 Å². The van der Waals surface area contributed by atoms with Crippen LogP contribution >= 0.6 is 11.3 Å². The summed E-state index contributed by atoms with van der Waals surface area (Å²) in [7, 11) is 0. The van der Waals surface area contributed by atoms with Crippen molar-refractivity contribution in [3.8, 4) is 0 Å². The SMILES string of the molecule is O=C(NCCN1CCC(c2cccs2)CC1)Nc1c(F)cccc1F. The molecule has 1 aromatic heterocycles. The van der Waals surface area contributed by atoms with Crippen LogP contribution < -0.4 is 10.6 Å². The molecule has 0 unspecified atom stereocenters. The minimum Gasteiger partial charge on any atom is -0.337 e. The fourth-order valence-corrected chi connectivity index (χ4v) is 3.97. The molecule has 0 radical (unpaired) electrons. The first kappa shape index (κ1) is 17.8. The minimum absolute atomic E-state index is 0.420. The first-order valence-corrected chi connectivity index (χ1v) is 9.26. The largest absolute Gasteiger partial charge is 0.337 e. The predicted octanol–water partition coefficient (Wildman–Crippen LogP) is 4.03. The first-order valence-electron chi connectivity index (χ1n) is 8.38. The second kappa shape index (κ2) is 8.40. The highest BCUT2D eigenvalue weighted by molar-refractivity contribution is 7.10. The molecule has 134 valence electrons. The van der Waals surface area contributed by atoms with E-state index in [4.69, 9.17) is 0 Å². The van der Waals surface area contributed by atoms with Gasteiger partial charge in [0.15, 0.2) is 0 Å². The Labute approximate surface area is 149 Å². The maximum atomic E-state index is 13.5. The van der Waals surface area contributed by atoms with Gasteiger partial charge in [-0.2, -0.15) is 0 Å². The molecular weight excluding hydrogens is 344 g/mol. The van der Waals surface area contributed by atoms with E-state index in [1.54, 1.807) is 0 Å². The van der Waals surface area contributed by atoms with Gasteiger partial charge in [0, 0.05) is 18.0 Å². The molecule has 7 heteroatoms. The molecule has 2 N–H and O–H groups in total. The Balaban J connectivity index is 1.38. The summed E-state index contributed by atoms with van der Waals surface area (Å²) in [4.78, 5) is 15.5. The van der Waals surface area contributed by atoms with Gasteiger partial charge in [0.05, 0.1) is 0 Å². The summed E-state index contributed by atoms with van der Waals surface area (Å²) in [5.74, 6) is -0.937. The maximum Gasteiger partial charge on any atom is 0.319 e. The zero-order chi connectivity index (χ0) is 17.6. The number of nitrogens with one attached hydrogen (secondary N) is 2. The molecule has 1 aliphatic rings. The molecule has 2 heterocycles. The highest BCUT2D eigenvalue weighted by Crippen LogP contribution is 2.30. The summed E-state index contributed by atoms with van der Waals surface area (Å²) in [5, 5.41) is 6.99. The fraction of sp³-hybridized carbons (Fsp3) is 0.389. The van der Waals surface area contributed by atoms with E-state index in [9.17, 15) is 13.6 Å². The van der Waals surface area contributed by atoms with Crippen LogP contribution in [0.25, 0.3) is 0 Å². The summed E-state index contributed by atoms with van der Waals surface area (Å²) in [6.07, 6.45) is 2.24. The van der Waals surface area contributed by atoms with Crippen LogP contribution in [-0.4, -0.2) is 37.1 Å². The highest BCUT2D eigenvalue weighted by atomic mass is 32.1. The van der Waals surface area contributed by atoms with Crippen molar-refractivity contribution in [3.63, 3.8) is 0 Å². The Morgan fingerprint density at radius 1 is 1.16 bits per heavy atom. The minimum atomic E-state index is -0.786. The van der Waals surface area contributed by atoms with Gasteiger partial charge >= 0.3 is 6.03 Å². The van der Waals surface area contributed by atoms with E-state index in [0.29, 0.717) is 12.5 Å². The van der Waals surface area contributed by atoms with Crippen molar-refractivity contribution < 1.29 is 13.6 Å². The van der Waals surface area contributed by atoms with Crippen molar-refractivity contribution in [2.24, 2.45) is 0 Å². The average Bonchev–Trinajstić information content (AvgIpc) is 3.13. The predicted molar refractivity (Wildman–Crippen MR) is 96.1 cm³/mol. The van der Waals surface area contributed by atoms with Crippen LogP contribution in [0.2, 0.25) is 0 Å². The molecule has 4 nitrogen and oxygen atoms in total. The van der Waals surface area contributed by atoms with E-state index in [1.807, 2.05) is 11.3 Å². The van der Waals surface area contributed by atoms with E-state index in [1.165, 1.54) is 10.9 Å². The molecule has 0 spiro atoms. The van der Waals surface area contributed by atoms with E-state index in [-0.39, 0.29) is 0 Å². The number of carbonyl (C=O) groups excluding carboxylic acids is 1. The lowest BCUT2D eigenvalue weighted by molar-refractivity contribution is 0.212. The number of likely N-dealkylation sites (tertiary alicyclic amines) is 1. The van der Waals surface area contributed by atoms with Crippen molar-refractivity contribution >= 4 is 23.1 Å². The average molecular weight is 365 g/mol. The molecule has 1 aliphatic heterocycles. The molecule has 0 aliphatic carbocycles. The lowest BCUT2D eigenvalue weighted by Crippen LogP contribution is -2.40. The number of hydrogen-bond donors (Lipinski definition) is 2. The van der Waals surface area contributed by atoms with Crippen LogP contribution in [0, 0.1) is 11.6 Å². The summed E-state index contributed by atoms with van der Waals surface area (Å²) in [6.45, 7) is 3.15. The van der Waals surface area contributed by atoms with Crippen LogP contribution in [0.5, 0.6) is 0 Å². The Bertz CT molecular complexity index is 680. The number of piperidine rings is 1. The molecule has 3 rings (SSSR count). The third kappa shape index (κ3) is 4.76. The number of nitrogens with zero attached hydrogens (tertiary/aromatic N) is 1. The number of para-hydroxylation sites is 1. The number of benzene rings is 1. The van der Waals surface area contributed by atoms with Crippen LogP contribution in [0.3, 0.4) is 0 Å². The lowest BCUT2D eigenvalue weighted by atomic mass is 9.95. The summed E-state index contributed by atoms with van der Waals surface area (Å²) in [6, 6.07) is 7.16. The molecule has 1 fully saturated rings. The summed E-state index contributed by atoms with van der Waals surface area (Å²) >= 11 is 1.81. The van der Waals surface area contributed by atoms with Crippen molar-refractivity contribution in [3.05, 3.63) is 52.2 Å². The lowest BCUT2D eigenvalue weighted by Gasteiger charge is -2.31. The van der Waals surface area contributed by atoms with Crippen LogP contribution in [0.1, 0.15) is 23.6 Å². The number of thiophene rings is 1. The quantitative estimate of drug-likeness (QED) is 0.840. The van der Waals surface area contributed by atoms with E-state index in [0.717, 1.165) is 44.6 Å². The fourth-order valence-electron chi connectivity index (χ4n) is 3.07. The maximum absolute atomic E-state index is 13.5. The van der Waals surface area contributed by atoms with Gasteiger partial charge in [0.1, 0.15) is 17.3 Å². The smallest absolute Gasteiger partial charge is 0.319 e. The number of carbonyl (C=O) groups is 1. The number of anilines is 1. The second-order valence-corrected chi connectivity index (χ2v) is 7.09. The van der Waals surface area contributed by atoms with Crippen molar-refractivity contribution in [2.45, 2.75) is 18.8 Å². The van der Waals surface area contributed by atoms with Crippen molar-refractivity contribution in [2.75, 3.05) is 31.5 Å².